The molecule has 0 saturated carbocycles. The number of benzene rings is 5. The Hall–Kier alpha value is -4.89. The van der Waals surface area contributed by atoms with Gasteiger partial charge in [0, 0.05) is 35.1 Å². The van der Waals surface area contributed by atoms with Crippen molar-refractivity contribution in [3.63, 3.8) is 0 Å². The molecule has 2 aromatic heterocycles. The third-order valence-electron chi connectivity index (χ3n) is 8.37. The highest BCUT2D eigenvalue weighted by atomic mass is 14.8. The zero-order valence-electron chi connectivity index (χ0n) is 21.8. The molecule has 0 N–H and O–H groups in total. The SMILES string of the molecule is CC1(C)c2cc(-c3ccc4cc(-c5cnccn5)ccc4c3)cc3ccc4cc(-c5ccccn5)cc1c4c23. The van der Waals surface area contributed by atoms with E-state index in [-0.39, 0.29) is 5.41 Å². The normalized spacial score (nSPS) is 13.6. The molecule has 1 aliphatic carbocycles. The fourth-order valence-electron chi connectivity index (χ4n) is 6.34. The Morgan fingerprint density at radius 2 is 1.10 bits per heavy atom. The summed E-state index contributed by atoms with van der Waals surface area (Å²) >= 11 is 0. The molecule has 3 heteroatoms. The van der Waals surface area contributed by atoms with Crippen LogP contribution in [0.15, 0.2) is 116 Å². The first-order valence-electron chi connectivity index (χ1n) is 13.3. The summed E-state index contributed by atoms with van der Waals surface area (Å²) in [6.45, 7) is 4.72. The molecule has 0 radical (unpaired) electrons. The Kier molecular flexibility index (Phi) is 4.57. The summed E-state index contributed by atoms with van der Waals surface area (Å²) in [5, 5.41) is 7.76. The van der Waals surface area contributed by atoms with E-state index in [0.717, 1.165) is 17.0 Å². The summed E-state index contributed by atoms with van der Waals surface area (Å²) in [6.07, 6.45) is 7.12. The van der Waals surface area contributed by atoms with E-state index in [0.29, 0.717) is 0 Å². The molecule has 0 unspecified atom stereocenters. The minimum absolute atomic E-state index is 0.108. The van der Waals surface area contributed by atoms with Crippen LogP contribution >= 0.6 is 0 Å². The number of hydrogen-bond acceptors (Lipinski definition) is 3. The molecule has 1 aliphatic rings. The Morgan fingerprint density at radius 3 is 1.79 bits per heavy atom. The van der Waals surface area contributed by atoms with Gasteiger partial charge in [0.25, 0.3) is 0 Å². The predicted octanol–water partition coefficient (Wildman–Crippen LogP) is 8.97. The zero-order valence-corrected chi connectivity index (χ0v) is 21.8. The van der Waals surface area contributed by atoms with E-state index < -0.39 is 0 Å². The molecule has 184 valence electrons. The van der Waals surface area contributed by atoms with Gasteiger partial charge in [-0.2, -0.15) is 0 Å². The van der Waals surface area contributed by atoms with Gasteiger partial charge in [-0.25, -0.2) is 0 Å². The average Bonchev–Trinajstić information content (AvgIpc) is 3.23. The maximum Gasteiger partial charge on any atom is 0.0885 e. The van der Waals surface area contributed by atoms with Gasteiger partial charge in [0.1, 0.15) is 0 Å². The summed E-state index contributed by atoms with van der Waals surface area (Å²) in [5.74, 6) is 0. The van der Waals surface area contributed by atoms with Crippen LogP contribution in [0.4, 0.5) is 0 Å². The molecule has 7 aromatic rings. The molecule has 0 amide bonds. The molecule has 0 aliphatic heterocycles. The lowest BCUT2D eigenvalue weighted by Gasteiger charge is -2.23. The van der Waals surface area contributed by atoms with Crippen molar-refractivity contribution in [3.05, 3.63) is 127 Å². The summed E-state index contributed by atoms with van der Waals surface area (Å²) in [6, 6.07) is 33.4. The van der Waals surface area contributed by atoms with Crippen LogP contribution in [-0.4, -0.2) is 15.0 Å². The lowest BCUT2D eigenvalue weighted by molar-refractivity contribution is 0.663. The average molecular weight is 500 g/mol. The number of pyridine rings is 1. The van der Waals surface area contributed by atoms with Gasteiger partial charge in [-0.1, -0.05) is 56.3 Å². The van der Waals surface area contributed by atoms with Crippen molar-refractivity contribution in [1.29, 1.82) is 0 Å². The van der Waals surface area contributed by atoms with E-state index >= 15 is 0 Å². The molecular formula is C36H25N3. The molecule has 3 nitrogen and oxygen atoms in total. The van der Waals surface area contributed by atoms with Gasteiger partial charge in [-0.15, -0.1) is 0 Å². The van der Waals surface area contributed by atoms with Gasteiger partial charge in [-0.3, -0.25) is 15.0 Å². The van der Waals surface area contributed by atoms with Gasteiger partial charge < -0.3 is 0 Å². The van der Waals surface area contributed by atoms with Crippen molar-refractivity contribution in [1.82, 2.24) is 15.0 Å². The highest BCUT2D eigenvalue weighted by Gasteiger charge is 2.35. The topological polar surface area (TPSA) is 38.7 Å². The van der Waals surface area contributed by atoms with E-state index in [9.17, 15) is 0 Å². The Balaban J connectivity index is 1.27. The third-order valence-corrected chi connectivity index (χ3v) is 8.37. The summed E-state index contributed by atoms with van der Waals surface area (Å²) in [7, 11) is 0. The van der Waals surface area contributed by atoms with E-state index in [1.807, 2.05) is 18.5 Å². The van der Waals surface area contributed by atoms with Crippen LogP contribution in [0.5, 0.6) is 0 Å². The third kappa shape index (κ3) is 3.33. The molecular weight excluding hydrogens is 474 g/mol. The van der Waals surface area contributed by atoms with Crippen LogP contribution in [0.25, 0.3) is 66.0 Å². The van der Waals surface area contributed by atoms with Gasteiger partial charge in [0.2, 0.25) is 0 Å². The second-order valence-electron chi connectivity index (χ2n) is 11.0. The van der Waals surface area contributed by atoms with Crippen LogP contribution in [0.3, 0.4) is 0 Å². The number of nitrogens with zero attached hydrogens (tertiary/aromatic N) is 3. The molecule has 0 atom stereocenters. The zero-order chi connectivity index (χ0) is 26.1. The first-order chi connectivity index (χ1) is 19.1. The molecule has 0 spiro atoms. The van der Waals surface area contributed by atoms with Crippen molar-refractivity contribution in [2.24, 2.45) is 0 Å². The summed E-state index contributed by atoms with van der Waals surface area (Å²) < 4.78 is 0. The van der Waals surface area contributed by atoms with Crippen molar-refractivity contribution >= 4 is 32.3 Å². The van der Waals surface area contributed by atoms with Crippen molar-refractivity contribution in [2.75, 3.05) is 0 Å². The lowest BCUT2D eigenvalue weighted by atomic mass is 9.80. The first-order valence-corrected chi connectivity index (χ1v) is 13.3. The van der Waals surface area contributed by atoms with Crippen LogP contribution in [0, 0.1) is 0 Å². The molecule has 0 saturated heterocycles. The Morgan fingerprint density at radius 1 is 0.487 bits per heavy atom. The van der Waals surface area contributed by atoms with Crippen molar-refractivity contribution in [3.8, 4) is 33.6 Å². The minimum Gasteiger partial charge on any atom is -0.261 e. The monoisotopic (exact) mass is 499 g/mol. The van der Waals surface area contributed by atoms with Gasteiger partial charge in [0.05, 0.1) is 17.6 Å². The molecule has 5 aromatic carbocycles. The second kappa shape index (κ2) is 8.05. The van der Waals surface area contributed by atoms with Crippen molar-refractivity contribution in [2.45, 2.75) is 19.3 Å². The molecule has 8 rings (SSSR count). The highest BCUT2D eigenvalue weighted by molar-refractivity contribution is 6.16. The summed E-state index contributed by atoms with van der Waals surface area (Å²) in [5.41, 5.74) is 9.31. The summed E-state index contributed by atoms with van der Waals surface area (Å²) in [4.78, 5) is 13.3. The fraction of sp³-hybridized carbons (Fsp3) is 0.0833. The Labute approximate surface area is 226 Å². The fourth-order valence-corrected chi connectivity index (χ4v) is 6.34. The Bertz CT molecular complexity index is 2080. The van der Waals surface area contributed by atoms with Crippen LogP contribution in [0.1, 0.15) is 25.0 Å². The number of hydrogen-bond donors (Lipinski definition) is 0. The maximum absolute atomic E-state index is 4.63. The standard InChI is InChI=1S/C36H25N3/c1-36(2)30-19-28(24-7-6-23-16-25(9-8-22(23)15-24)33-21-37-13-14-39-33)17-26-10-11-27-18-29(32-5-3-4-12-38-32)20-31(36)35(27)34(26)30/h3-21H,1-2H3. The lowest BCUT2D eigenvalue weighted by Crippen LogP contribution is -2.15. The van der Waals surface area contributed by atoms with Crippen LogP contribution < -0.4 is 0 Å². The van der Waals surface area contributed by atoms with E-state index in [2.05, 4.69) is 114 Å². The quantitative estimate of drug-likeness (QED) is 0.228. The molecule has 0 fully saturated rings. The second-order valence-corrected chi connectivity index (χ2v) is 11.0. The van der Waals surface area contributed by atoms with E-state index in [1.54, 1.807) is 12.4 Å². The van der Waals surface area contributed by atoms with Crippen LogP contribution in [-0.2, 0) is 5.41 Å². The van der Waals surface area contributed by atoms with Gasteiger partial charge in [0.15, 0.2) is 0 Å². The number of rotatable bonds is 3. The molecule has 2 heterocycles. The molecule has 39 heavy (non-hydrogen) atoms. The highest BCUT2D eigenvalue weighted by Crippen LogP contribution is 2.51. The molecule has 0 bridgehead atoms. The van der Waals surface area contributed by atoms with Crippen LogP contribution in [0.2, 0.25) is 0 Å². The smallest absolute Gasteiger partial charge is 0.0885 e. The van der Waals surface area contributed by atoms with E-state index in [1.165, 1.54) is 60.1 Å². The first kappa shape index (κ1) is 22.1. The van der Waals surface area contributed by atoms with Gasteiger partial charge >= 0.3 is 0 Å². The van der Waals surface area contributed by atoms with Crippen molar-refractivity contribution < 1.29 is 0 Å². The van der Waals surface area contributed by atoms with E-state index in [4.69, 9.17) is 0 Å². The van der Waals surface area contributed by atoms with Gasteiger partial charge in [-0.05, 0) is 103 Å². The number of aromatic nitrogens is 3. The predicted molar refractivity (Wildman–Crippen MR) is 161 cm³/mol. The number of fused-ring (bicyclic) bond motifs is 1. The largest absolute Gasteiger partial charge is 0.261 e. The maximum atomic E-state index is 4.63. The minimum atomic E-state index is -0.108.